The first-order valence-corrected chi connectivity index (χ1v) is 10.8. The second-order valence-electron chi connectivity index (χ2n) is 7.67. The number of H-pyrrole nitrogens is 1. The lowest BCUT2D eigenvalue weighted by Gasteiger charge is -2.25. The van der Waals surface area contributed by atoms with Gasteiger partial charge in [-0.1, -0.05) is 31.2 Å². The van der Waals surface area contributed by atoms with Gasteiger partial charge in [0.1, 0.15) is 6.10 Å². The van der Waals surface area contributed by atoms with E-state index in [0.29, 0.717) is 32.9 Å². The normalized spacial score (nSPS) is 13.4. The molecule has 1 aromatic carbocycles. The number of benzene rings is 1. The van der Waals surface area contributed by atoms with Crippen molar-refractivity contribution in [3.63, 3.8) is 0 Å². The molecule has 176 valence electrons. The zero-order valence-electron chi connectivity index (χ0n) is 18.5. The van der Waals surface area contributed by atoms with Crippen LogP contribution >= 0.6 is 0 Å². The highest BCUT2D eigenvalue weighted by molar-refractivity contribution is 5.70. The van der Waals surface area contributed by atoms with Crippen molar-refractivity contribution in [2.45, 2.75) is 13.0 Å². The van der Waals surface area contributed by atoms with Gasteiger partial charge in [0.2, 0.25) is 5.56 Å². The monoisotopic (exact) mass is 446 g/mol. The first kappa shape index (κ1) is 25.8. The second kappa shape index (κ2) is 14.5. The largest absolute Gasteiger partial charge is 0.396 e. The molecule has 2 atom stereocenters. The van der Waals surface area contributed by atoms with Gasteiger partial charge in [-0.25, -0.2) is 0 Å². The number of aliphatic hydroxyl groups excluding tert-OH is 3. The predicted octanol–water partition coefficient (Wildman–Crippen LogP) is 1.37. The van der Waals surface area contributed by atoms with Crippen molar-refractivity contribution in [1.29, 1.82) is 0 Å². The lowest BCUT2D eigenvalue weighted by Crippen LogP contribution is -2.32. The average Bonchev–Trinajstić information content (AvgIpc) is 2.82. The molecule has 0 radical (unpaired) electrons. The molecule has 8 nitrogen and oxygen atoms in total. The number of aromatic nitrogens is 1. The standard InChI is InChI=1S/C24H34N2O6/c1-19(15-27)17-31-12-10-26(11-13-32-18-23(29)16-28)22-7-4-20(5-8-22)2-3-21-6-9-24(30)25-14-21/h2-9,14,19,23,27-29H,10-13,15-18H2,1H3,(H,25,30)/b3-2+. The van der Waals surface area contributed by atoms with Gasteiger partial charge in [0, 0.05) is 43.6 Å². The van der Waals surface area contributed by atoms with E-state index in [9.17, 15) is 9.90 Å². The van der Waals surface area contributed by atoms with Crippen molar-refractivity contribution in [2.75, 3.05) is 57.6 Å². The van der Waals surface area contributed by atoms with E-state index in [4.69, 9.17) is 19.7 Å². The van der Waals surface area contributed by atoms with Crippen LogP contribution in [0.1, 0.15) is 18.1 Å². The smallest absolute Gasteiger partial charge is 0.247 e. The minimum Gasteiger partial charge on any atom is -0.396 e. The molecule has 0 amide bonds. The molecule has 0 fully saturated rings. The third-order valence-corrected chi connectivity index (χ3v) is 4.78. The Kier molecular flexibility index (Phi) is 11.7. The molecule has 1 aromatic heterocycles. The maximum atomic E-state index is 11.1. The summed E-state index contributed by atoms with van der Waals surface area (Å²) in [7, 11) is 0. The maximum absolute atomic E-state index is 11.1. The number of anilines is 1. The number of ether oxygens (including phenoxy) is 2. The predicted molar refractivity (Wildman–Crippen MR) is 126 cm³/mol. The fourth-order valence-corrected chi connectivity index (χ4v) is 2.84. The van der Waals surface area contributed by atoms with Crippen LogP contribution in [0.2, 0.25) is 0 Å². The summed E-state index contributed by atoms with van der Waals surface area (Å²) in [6.07, 6.45) is 4.69. The van der Waals surface area contributed by atoms with Crippen LogP contribution in [0.25, 0.3) is 12.2 Å². The van der Waals surface area contributed by atoms with E-state index in [-0.39, 0.29) is 31.3 Å². The van der Waals surface area contributed by atoms with Crippen LogP contribution in [0.15, 0.2) is 47.4 Å². The van der Waals surface area contributed by atoms with Crippen LogP contribution in [-0.4, -0.2) is 79.1 Å². The van der Waals surface area contributed by atoms with Crippen LogP contribution in [0.3, 0.4) is 0 Å². The number of aliphatic hydroxyl groups is 3. The number of aromatic amines is 1. The van der Waals surface area contributed by atoms with Gasteiger partial charge in [-0.2, -0.15) is 0 Å². The molecule has 0 aliphatic carbocycles. The lowest BCUT2D eigenvalue weighted by atomic mass is 10.1. The minimum atomic E-state index is -0.875. The summed E-state index contributed by atoms with van der Waals surface area (Å²) in [4.78, 5) is 15.9. The van der Waals surface area contributed by atoms with Gasteiger partial charge in [0.15, 0.2) is 0 Å². The summed E-state index contributed by atoms with van der Waals surface area (Å²) in [5.41, 5.74) is 2.81. The summed E-state index contributed by atoms with van der Waals surface area (Å²) < 4.78 is 11.1. The number of hydrogen-bond donors (Lipinski definition) is 4. The average molecular weight is 447 g/mol. The highest BCUT2D eigenvalue weighted by atomic mass is 16.5. The zero-order chi connectivity index (χ0) is 23.2. The number of pyridine rings is 1. The Bertz CT molecular complexity index is 814. The first-order valence-electron chi connectivity index (χ1n) is 10.8. The maximum Gasteiger partial charge on any atom is 0.247 e. The highest BCUT2D eigenvalue weighted by Crippen LogP contribution is 2.17. The molecule has 4 N–H and O–H groups in total. The Labute approximate surface area is 188 Å². The topological polar surface area (TPSA) is 115 Å². The molecular weight excluding hydrogens is 412 g/mol. The summed E-state index contributed by atoms with van der Waals surface area (Å²) in [5.74, 6) is 0.0975. The number of nitrogens with zero attached hydrogens (tertiary/aromatic N) is 1. The molecule has 2 aromatic rings. The number of nitrogens with one attached hydrogen (secondary N) is 1. The van der Waals surface area contributed by atoms with E-state index in [1.54, 1.807) is 12.3 Å². The quantitative estimate of drug-likeness (QED) is 0.306. The second-order valence-corrected chi connectivity index (χ2v) is 7.67. The van der Waals surface area contributed by atoms with Crippen molar-refractivity contribution in [3.8, 4) is 0 Å². The Morgan fingerprint density at radius 1 is 0.938 bits per heavy atom. The van der Waals surface area contributed by atoms with E-state index in [1.165, 1.54) is 6.07 Å². The number of hydrogen-bond acceptors (Lipinski definition) is 7. The molecule has 8 heteroatoms. The van der Waals surface area contributed by atoms with Gasteiger partial charge in [-0.05, 0) is 29.3 Å². The van der Waals surface area contributed by atoms with Crippen LogP contribution < -0.4 is 10.5 Å². The molecule has 0 spiro atoms. The van der Waals surface area contributed by atoms with Crippen molar-refractivity contribution in [2.24, 2.45) is 5.92 Å². The molecule has 0 aliphatic heterocycles. The summed E-state index contributed by atoms with van der Waals surface area (Å²) in [6, 6.07) is 11.3. The fourth-order valence-electron chi connectivity index (χ4n) is 2.84. The number of rotatable bonds is 15. The minimum absolute atomic E-state index is 0.0866. The molecular formula is C24H34N2O6. The fraction of sp³-hybridized carbons (Fsp3) is 0.458. The zero-order valence-corrected chi connectivity index (χ0v) is 18.5. The van der Waals surface area contributed by atoms with Crippen LogP contribution in [0.4, 0.5) is 5.69 Å². The molecule has 32 heavy (non-hydrogen) atoms. The third kappa shape index (κ3) is 9.76. The third-order valence-electron chi connectivity index (χ3n) is 4.78. The van der Waals surface area contributed by atoms with Crippen LogP contribution in [-0.2, 0) is 9.47 Å². The first-order chi connectivity index (χ1) is 15.5. The van der Waals surface area contributed by atoms with Crippen molar-refractivity contribution < 1.29 is 24.8 Å². The summed E-state index contributed by atoms with van der Waals surface area (Å²) in [6.45, 7) is 4.45. The molecule has 2 unspecified atom stereocenters. The van der Waals surface area contributed by atoms with Crippen molar-refractivity contribution in [1.82, 2.24) is 4.98 Å². The molecule has 0 aliphatic rings. The molecule has 1 heterocycles. The van der Waals surface area contributed by atoms with Gasteiger partial charge in [0.25, 0.3) is 0 Å². The van der Waals surface area contributed by atoms with Crippen molar-refractivity contribution in [3.05, 3.63) is 64.1 Å². The Hall–Kier alpha value is -2.49. The van der Waals surface area contributed by atoms with Crippen LogP contribution in [0.5, 0.6) is 0 Å². The summed E-state index contributed by atoms with van der Waals surface area (Å²) >= 11 is 0. The van der Waals surface area contributed by atoms with Gasteiger partial charge in [0.05, 0.1) is 33.0 Å². The van der Waals surface area contributed by atoms with E-state index in [0.717, 1.165) is 16.8 Å². The van der Waals surface area contributed by atoms with E-state index >= 15 is 0 Å². The van der Waals surface area contributed by atoms with Crippen molar-refractivity contribution >= 4 is 17.8 Å². The van der Waals surface area contributed by atoms with E-state index < -0.39 is 6.10 Å². The van der Waals surface area contributed by atoms with Gasteiger partial charge >= 0.3 is 0 Å². The Morgan fingerprint density at radius 2 is 1.56 bits per heavy atom. The lowest BCUT2D eigenvalue weighted by molar-refractivity contribution is 0.00811. The van der Waals surface area contributed by atoms with Gasteiger partial charge < -0.3 is 34.7 Å². The molecule has 0 bridgehead atoms. The Balaban J connectivity index is 1.95. The van der Waals surface area contributed by atoms with Gasteiger partial charge in [-0.3, -0.25) is 4.79 Å². The van der Waals surface area contributed by atoms with Crippen LogP contribution in [0, 0.1) is 5.92 Å². The van der Waals surface area contributed by atoms with E-state index in [1.807, 2.05) is 43.3 Å². The van der Waals surface area contributed by atoms with Gasteiger partial charge in [-0.15, -0.1) is 0 Å². The summed E-state index contributed by atoms with van der Waals surface area (Å²) in [5, 5.41) is 27.4. The highest BCUT2D eigenvalue weighted by Gasteiger charge is 2.09. The SMILES string of the molecule is CC(CO)COCCN(CCOCC(O)CO)c1ccc(/C=C/c2ccc(=O)[nH]c2)cc1. The molecule has 0 saturated heterocycles. The molecule has 2 rings (SSSR count). The Morgan fingerprint density at radius 3 is 2.16 bits per heavy atom. The molecule has 0 saturated carbocycles. The van der Waals surface area contributed by atoms with E-state index in [2.05, 4.69) is 9.88 Å².